The molecule has 2 aromatic rings. The van der Waals surface area contributed by atoms with Gasteiger partial charge < -0.3 is 4.90 Å². The molecular weight excluding hydrogens is 263 g/mol. The van der Waals surface area contributed by atoms with Crippen LogP contribution in [0.4, 0.5) is 10.1 Å². The number of aryl methyl sites for hydroxylation is 1. The van der Waals surface area contributed by atoms with Crippen molar-refractivity contribution < 1.29 is 4.39 Å². The van der Waals surface area contributed by atoms with Crippen LogP contribution in [0.1, 0.15) is 30.0 Å². The smallest absolute Gasteiger partial charge is 0.123 e. The molecule has 21 heavy (non-hydrogen) atoms. The summed E-state index contributed by atoms with van der Waals surface area (Å²) in [7, 11) is 0. The first kappa shape index (κ1) is 13.6. The molecule has 1 unspecified atom stereocenters. The summed E-state index contributed by atoms with van der Waals surface area (Å²) in [6, 6.07) is 15.3. The lowest BCUT2D eigenvalue weighted by Crippen LogP contribution is -2.36. The van der Waals surface area contributed by atoms with Crippen LogP contribution in [0.25, 0.3) is 0 Å². The van der Waals surface area contributed by atoms with Gasteiger partial charge in [0.2, 0.25) is 0 Å². The molecule has 3 heteroatoms. The highest BCUT2D eigenvalue weighted by atomic mass is 19.1. The molecular formula is C18H17FN2. The van der Waals surface area contributed by atoms with Gasteiger partial charge in [-0.25, -0.2) is 4.39 Å². The predicted molar refractivity (Wildman–Crippen MR) is 81.5 cm³/mol. The maximum Gasteiger partial charge on any atom is 0.123 e. The van der Waals surface area contributed by atoms with Crippen molar-refractivity contribution in [2.75, 3.05) is 4.90 Å². The van der Waals surface area contributed by atoms with Gasteiger partial charge in [-0.15, -0.1) is 0 Å². The van der Waals surface area contributed by atoms with E-state index in [9.17, 15) is 9.65 Å². The molecule has 0 N–H and O–H groups in total. The van der Waals surface area contributed by atoms with Crippen LogP contribution >= 0.6 is 0 Å². The standard InChI is InChI=1S/C18H17FN2/c1-13-6-7-14-4-2-3-5-18(14)21(13)12-16-10-17(19)9-8-15(16)11-20/h2-5,8-10,13H,6-7,12H2,1H3. The molecule has 0 saturated carbocycles. The highest BCUT2D eigenvalue weighted by Crippen LogP contribution is 2.32. The molecule has 0 aliphatic carbocycles. The number of fused-ring (bicyclic) bond motifs is 1. The van der Waals surface area contributed by atoms with Crippen LogP contribution < -0.4 is 4.90 Å². The molecule has 106 valence electrons. The fourth-order valence-corrected chi connectivity index (χ4v) is 2.99. The molecule has 0 amide bonds. The van der Waals surface area contributed by atoms with Crippen molar-refractivity contribution in [3.8, 4) is 6.07 Å². The number of hydrogen-bond donors (Lipinski definition) is 0. The van der Waals surface area contributed by atoms with E-state index >= 15 is 0 Å². The molecule has 1 heterocycles. The lowest BCUT2D eigenvalue weighted by molar-refractivity contribution is 0.557. The van der Waals surface area contributed by atoms with E-state index in [1.165, 1.54) is 23.4 Å². The van der Waals surface area contributed by atoms with Gasteiger partial charge in [0.15, 0.2) is 0 Å². The average molecular weight is 280 g/mol. The fraction of sp³-hybridized carbons (Fsp3) is 0.278. The number of anilines is 1. The average Bonchev–Trinajstić information content (AvgIpc) is 2.50. The summed E-state index contributed by atoms with van der Waals surface area (Å²) in [6.45, 7) is 2.75. The monoisotopic (exact) mass is 280 g/mol. The zero-order valence-corrected chi connectivity index (χ0v) is 12.0. The first-order valence-electron chi connectivity index (χ1n) is 7.22. The van der Waals surface area contributed by atoms with Gasteiger partial charge in [0.25, 0.3) is 0 Å². The number of benzene rings is 2. The molecule has 0 fully saturated rings. The van der Waals surface area contributed by atoms with Gasteiger partial charge in [0, 0.05) is 18.3 Å². The summed E-state index contributed by atoms with van der Waals surface area (Å²) in [5.41, 5.74) is 3.82. The Balaban J connectivity index is 1.98. The minimum absolute atomic E-state index is 0.290. The van der Waals surface area contributed by atoms with E-state index < -0.39 is 0 Å². The summed E-state index contributed by atoms with van der Waals surface area (Å²) >= 11 is 0. The van der Waals surface area contributed by atoms with Crippen LogP contribution in [0.2, 0.25) is 0 Å². The summed E-state index contributed by atoms with van der Waals surface area (Å²) in [5, 5.41) is 9.21. The van der Waals surface area contributed by atoms with Crippen LogP contribution in [0.15, 0.2) is 42.5 Å². The molecule has 1 aliphatic rings. The number of nitrogens with zero attached hydrogens (tertiary/aromatic N) is 2. The lowest BCUT2D eigenvalue weighted by atomic mass is 9.95. The van der Waals surface area contributed by atoms with Gasteiger partial charge in [-0.2, -0.15) is 5.26 Å². The topological polar surface area (TPSA) is 27.0 Å². The third kappa shape index (κ3) is 2.62. The largest absolute Gasteiger partial charge is 0.364 e. The minimum atomic E-state index is -0.290. The van der Waals surface area contributed by atoms with Crippen molar-refractivity contribution in [2.24, 2.45) is 0 Å². The molecule has 3 rings (SSSR count). The second-order valence-electron chi connectivity index (χ2n) is 5.56. The van der Waals surface area contributed by atoms with E-state index in [2.05, 4.69) is 36.1 Å². The van der Waals surface area contributed by atoms with Crippen molar-refractivity contribution in [3.05, 3.63) is 65.0 Å². The molecule has 0 aromatic heterocycles. The Hall–Kier alpha value is -2.34. The third-order valence-electron chi connectivity index (χ3n) is 4.19. The van der Waals surface area contributed by atoms with Gasteiger partial charge in [-0.1, -0.05) is 18.2 Å². The fourth-order valence-electron chi connectivity index (χ4n) is 2.99. The molecule has 0 saturated heterocycles. The van der Waals surface area contributed by atoms with Gasteiger partial charge >= 0.3 is 0 Å². The number of hydrogen-bond acceptors (Lipinski definition) is 2. The van der Waals surface area contributed by atoms with Crippen molar-refractivity contribution in [1.82, 2.24) is 0 Å². The van der Waals surface area contributed by atoms with E-state index in [1.54, 1.807) is 6.07 Å². The maximum absolute atomic E-state index is 13.5. The Morgan fingerprint density at radius 2 is 2.10 bits per heavy atom. The first-order valence-corrected chi connectivity index (χ1v) is 7.22. The van der Waals surface area contributed by atoms with Gasteiger partial charge in [-0.05, 0) is 55.2 Å². The van der Waals surface area contributed by atoms with E-state index in [0.29, 0.717) is 18.2 Å². The molecule has 2 aromatic carbocycles. The van der Waals surface area contributed by atoms with Crippen molar-refractivity contribution >= 4 is 5.69 Å². The van der Waals surface area contributed by atoms with Crippen LogP contribution in [0.5, 0.6) is 0 Å². The minimum Gasteiger partial charge on any atom is -0.364 e. The van der Waals surface area contributed by atoms with Crippen LogP contribution in [-0.2, 0) is 13.0 Å². The van der Waals surface area contributed by atoms with E-state index in [0.717, 1.165) is 18.4 Å². The van der Waals surface area contributed by atoms with E-state index in [4.69, 9.17) is 0 Å². The highest BCUT2D eigenvalue weighted by molar-refractivity contribution is 5.57. The predicted octanol–water partition coefficient (Wildman–Crippen LogP) is 4.04. The highest BCUT2D eigenvalue weighted by Gasteiger charge is 2.23. The number of nitriles is 1. The van der Waals surface area contributed by atoms with E-state index in [1.807, 2.05) is 6.07 Å². The molecule has 0 bridgehead atoms. The maximum atomic E-state index is 13.5. The Morgan fingerprint density at radius 3 is 2.90 bits per heavy atom. The van der Waals surface area contributed by atoms with Crippen LogP contribution in [0, 0.1) is 17.1 Å². The molecule has 1 atom stereocenters. The van der Waals surface area contributed by atoms with Crippen molar-refractivity contribution in [1.29, 1.82) is 5.26 Å². The summed E-state index contributed by atoms with van der Waals surface area (Å²) in [5.74, 6) is -0.290. The summed E-state index contributed by atoms with van der Waals surface area (Å²) < 4.78 is 13.5. The Morgan fingerprint density at radius 1 is 1.29 bits per heavy atom. The zero-order valence-electron chi connectivity index (χ0n) is 12.0. The molecule has 0 spiro atoms. The van der Waals surface area contributed by atoms with Crippen LogP contribution in [-0.4, -0.2) is 6.04 Å². The molecule has 1 aliphatic heterocycles. The second-order valence-corrected chi connectivity index (χ2v) is 5.56. The summed E-state index contributed by atoms with van der Waals surface area (Å²) in [6.07, 6.45) is 2.15. The zero-order chi connectivity index (χ0) is 14.8. The Labute approximate surface area is 124 Å². The molecule has 2 nitrogen and oxygen atoms in total. The van der Waals surface area contributed by atoms with Gasteiger partial charge in [-0.3, -0.25) is 0 Å². The SMILES string of the molecule is CC1CCc2ccccc2N1Cc1cc(F)ccc1C#N. The Kier molecular flexibility index (Phi) is 3.62. The van der Waals surface area contributed by atoms with Gasteiger partial charge in [0.05, 0.1) is 11.6 Å². The van der Waals surface area contributed by atoms with Crippen molar-refractivity contribution in [3.63, 3.8) is 0 Å². The van der Waals surface area contributed by atoms with Crippen molar-refractivity contribution in [2.45, 2.75) is 32.4 Å². The van der Waals surface area contributed by atoms with E-state index in [-0.39, 0.29) is 5.82 Å². The number of rotatable bonds is 2. The molecule has 0 radical (unpaired) electrons. The number of para-hydroxylation sites is 1. The second kappa shape index (κ2) is 5.57. The normalized spacial score (nSPS) is 17.2. The number of halogens is 1. The Bertz CT molecular complexity index is 703. The van der Waals surface area contributed by atoms with Gasteiger partial charge in [0.1, 0.15) is 5.82 Å². The van der Waals surface area contributed by atoms with Crippen LogP contribution in [0.3, 0.4) is 0 Å². The third-order valence-corrected chi connectivity index (χ3v) is 4.19. The quantitative estimate of drug-likeness (QED) is 0.830. The lowest BCUT2D eigenvalue weighted by Gasteiger charge is -2.37. The first-order chi connectivity index (χ1) is 10.2. The summed E-state index contributed by atoms with van der Waals surface area (Å²) in [4.78, 5) is 2.27.